The first-order chi connectivity index (χ1) is 17.1. The highest BCUT2D eigenvalue weighted by atomic mass is 19.4. The van der Waals surface area contributed by atoms with Crippen molar-refractivity contribution in [2.45, 2.75) is 43.7 Å². The summed E-state index contributed by atoms with van der Waals surface area (Å²) in [4.78, 5) is 15.3. The van der Waals surface area contributed by atoms with E-state index < -0.39 is 17.8 Å². The van der Waals surface area contributed by atoms with Gasteiger partial charge < -0.3 is 15.0 Å². The minimum Gasteiger partial charge on any atom is -0.497 e. The van der Waals surface area contributed by atoms with Crippen molar-refractivity contribution in [1.29, 1.82) is 0 Å². The topological polar surface area (TPSA) is 59.4 Å². The largest absolute Gasteiger partial charge is 0.497 e. The number of benzene rings is 2. The first-order valence-corrected chi connectivity index (χ1v) is 12.0. The zero-order valence-electron chi connectivity index (χ0n) is 20.7. The molecule has 0 radical (unpaired) electrons. The number of alkyl halides is 3. The van der Waals surface area contributed by atoms with Crippen molar-refractivity contribution in [3.8, 4) is 11.4 Å². The third-order valence-corrected chi connectivity index (χ3v) is 6.90. The Bertz CT molecular complexity index is 1180. The number of ether oxygens (including phenoxy) is 1. The van der Waals surface area contributed by atoms with Gasteiger partial charge in [0.25, 0.3) is 5.91 Å². The maximum Gasteiger partial charge on any atom is 0.435 e. The Morgan fingerprint density at radius 1 is 1.08 bits per heavy atom. The van der Waals surface area contributed by atoms with Gasteiger partial charge in [0, 0.05) is 11.8 Å². The molecule has 1 aromatic heterocycles. The maximum absolute atomic E-state index is 13.4. The van der Waals surface area contributed by atoms with Gasteiger partial charge in [0.15, 0.2) is 5.69 Å². The van der Waals surface area contributed by atoms with Crippen molar-refractivity contribution >= 4 is 11.6 Å². The Labute approximate surface area is 209 Å². The molecule has 3 aromatic rings. The lowest BCUT2D eigenvalue weighted by atomic mass is 9.76. The molecule has 1 amide bonds. The molecule has 36 heavy (non-hydrogen) atoms. The second-order valence-corrected chi connectivity index (χ2v) is 9.59. The smallest absolute Gasteiger partial charge is 0.435 e. The number of hydrogen-bond acceptors (Lipinski definition) is 4. The molecule has 0 aliphatic heterocycles. The van der Waals surface area contributed by atoms with E-state index in [2.05, 4.69) is 29.4 Å². The standard InChI is InChI=1S/C27H31F3N4O2/c1-33(2)17-16-26(14-4-5-15-26)19-6-8-20(9-7-19)31-25(35)23-18-24(27(28,29)30)32-34(23)21-10-12-22(36-3)13-11-21/h6-13,18H,4-5,14-17H2,1-3H3,(H,31,35). The van der Waals surface area contributed by atoms with Crippen LogP contribution in [0.25, 0.3) is 5.69 Å². The van der Waals surface area contributed by atoms with Crippen LogP contribution in [0.5, 0.6) is 5.75 Å². The van der Waals surface area contributed by atoms with Gasteiger partial charge in [-0.15, -0.1) is 0 Å². The number of halogens is 3. The Balaban J connectivity index is 1.58. The lowest BCUT2D eigenvalue weighted by molar-refractivity contribution is -0.141. The Kier molecular flexibility index (Phi) is 7.40. The number of methoxy groups -OCH3 is 1. The van der Waals surface area contributed by atoms with E-state index in [9.17, 15) is 18.0 Å². The SMILES string of the molecule is COc1ccc(-n2nc(C(F)(F)F)cc2C(=O)Nc2ccc(C3(CCN(C)C)CCCC3)cc2)cc1. The molecule has 1 N–H and O–H groups in total. The summed E-state index contributed by atoms with van der Waals surface area (Å²) in [6.07, 6.45) is 1.04. The van der Waals surface area contributed by atoms with Gasteiger partial charge in [-0.2, -0.15) is 18.3 Å². The molecule has 0 unspecified atom stereocenters. The van der Waals surface area contributed by atoms with Crippen molar-refractivity contribution in [1.82, 2.24) is 14.7 Å². The molecule has 0 saturated heterocycles. The van der Waals surface area contributed by atoms with E-state index in [4.69, 9.17) is 4.74 Å². The minimum atomic E-state index is -4.68. The van der Waals surface area contributed by atoms with E-state index in [0.717, 1.165) is 36.6 Å². The highest BCUT2D eigenvalue weighted by molar-refractivity contribution is 6.03. The van der Waals surface area contributed by atoms with Crippen LogP contribution < -0.4 is 10.1 Å². The van der Waals surface area contributed by atoms with Crippen LogP contribution in [0.3, 0.4) is 0 Å². The van der Waals surface area contributed by atoms with Crippen LogP contribution in [-0.4, -0.2) is 48.3 Å². The van der Waals surface area contributed by atoms with Crippen molar-refractivity contribution in [3.05, 3.63) is 71.5 Å². The summed E-state index contributed by atoms with van der Waals surface area (Å²) in [7, 11) is 5.63. The Morgan fingerprint density at radius 3 is 2.28 bits per heavy atom. The van der Waals surface area contributed by atoms with Crippen molar-refractivity contribution in [2.75, 3.05) is 33.1 Å². The van der Waals surface area contributed by atoms with Crippen LogP contribution in [0.1, 0.15) is 53.8 Å². The molecule has 9 heteroatoms. The van der Waals surface area contributed by atoms with Crippen LogP contribution in [0.15, 0.2) is 54.6 Å². The van der Waals surface area contributed by atoms with Gasteiger partial charge >= 0.3 is 6.18 Å². The van der Waals surface area contributed by atoms with Gasteiger partial charge in [0.2, 0.25) is 0 Å². The number of amides is 1. The minimum absolute atomic E-state index is 0.126. The van der Waals surface area contributed by atoms with E-state index in [1.54, 1.807) is 24.3 Å². The lowest BCUT2D eigenvalue weighted by Crippen LogP contribution is -2.28. The highest BCUT2D eigenvalue weighted by Crippen LogP contribution is 2.44. The van der Waals surface area contributed by atoms with Crippen molar-refractivity contribution < 1.29 is 22.7 Å². The molecule has 1 aliphatic rings. The molecule has 6 nitrogen and oxygen atoms in total. The summed E-state index contributed by atoms with van der Waals surface area (Å²) in [5, 5.41) is 6.40. The Hall–Kier alpha value is -3.33. The van der Waals surface area contributed by atoms with E-state index in [0.29, 0.717) is 17.1 Å². The molecular formula is C27H31F3N4O2. The average Bonchev–Trinajstić information content (AvgIpc) is 3.52. The lowest BCUT2D eigenvalue weighted by Gasteiger charge is -2.31. The predicted octanol–water partition coefficient (Wildman–Crippen LogP) is 5.92. The number of nitrogens with one attached hydrogen (secondary N) is 1. The second kappa shape index (κ2) is 10.3. The summed E-state index contributed by atoms with van der Waals surface area (Å²) in [5.74, 6) is -0.136. The van der Waals surface area contributed by atoms with Gasteiger partial charge in [-0.3, -0.25) is 4.79 Å². The molecule has 1 heterocycles. The summed E-state index contributed by atoms with van der Waals surface area (Å²) in [6, 6.07) is 14.8. The monoisotopic (exact) mass is 500 g/mol. The maximum atomic E-state index is 13.4. The Morgan fingerprint density at radius 2 is 1.72 bits per heavy atom. The first kappa shape index (κ1) is 25.8. The van der Waals surface area contributed by atoms with Crippen LogP contribution in [-0.2, 0) is 11.6 Å². The summed E-state index contributed by atoms with van der Waals surface area (Å²) < 4.78 is 46.4. The summed E-state index contributed by atoms with van der Waals surface area (Å²) in [6.45, 7) is 0.995. The van der Waals surface area contributed by atoms with Crippen LogP contribution >= 0.6 is 0 Å². The number of aromatic nitrogens is 2. The van der Waals surface area contributed by atoms with Crippen molar-refractivity contribution in [3.63, 3.8) is 0 Å². The predicted molar refractivity (Wildman–Crippen MR) is 133 cm³/mol. The molecule has 0 bridgehead atoms. The fraction of sp³-hybridized carbons (Fsp3) is 0.407. The fourth-order valence-electron chi connectivity index (χ4n) is 4.88. The molecule has 0 atom stereocenters. The van der Waals surface area contributed by atoms with E-state index in [1.807, 2.05) is 24.3 Å². The van der Waals surface area contributed by atoms with Gasteiger partial charge in [-0.25, -0.2) is 4.68 Å². The molecule has 1 fully saturated rings. The second-order valence-electron chi connectivity index (χ2n) is 9.59. The molecular weight excluding hydrogens is 469 g/mol. The van der Waals surface area contributed by atoms with Gasteiger partial charge in [-0.05, 0) is 87.3 Å². The molecule has 1 aliphatic carbocycles. The number of rotatable bonds is 8. The normalized spacial score (nSPS) is 15.3. The number of carbonyl (C=O) groups excluding carboxylic acids is 1. The summed E-state index contributed by atoms with van der Waals surface area (Å²) in [5.41, 5.74) is 0.845. The molecule has 2 aromatic carbocycles. The molecule has 0 spiro atoms. The van der Waals surface area contributed by atoms with Gasteiger partial charge in [0.05, 0.1) is 12.8 Å². The fourth-order valence-corrected chi connectivity index (χ4v) is 4.88. The van der Waals surface area contributed by atoms with Crippen LogP contribution in [0, 0.1) is 0 Å². The average molecular weight is 501 g/mol. The third kappa shape index (κ3) is 5.56. The number of anilines is 1. The van der Waals surface area contributed by atoms with Crippen LogP contribution in [0.2, 0.25) is 0 Å². The number of hydrogen-bond donors (Lipinski definition) is 1. The molecule has 192 valence electrons. The van der Waals surface area contributed by atoms with Gasteiger partial charge in [0.1, 0.15) is 11.4 Å². The zero-order chi connectivity index (χ0) is 25.9. The number of nitrogens with zero attached hydrogens (tertiary/aromatic N) is 3. The molecule has 4 rings (SSSR count). The highest BCUT2D eigenvalue weighted by Gasteiger charge is 2.37. The van der Waals surface area contributed by atoms with Crippen LogP contribution in [0.4, 0.5) is 18.9 Å². The van der Waals surface area contributed by atoms with E-state index >= 15 is 0 Å². The van der Waals surface area contributed by atoms with Crippen molar-refractivity contribution in [2.24, 2.45) is 0 Å². The quantitative estimate of drug-likeness (QED) is 0.417. The van der Waals surface area contributed by atoms with Gasteiger partial charge in [-0.1, -0.05) is 25.0 Å². The zero-order valence-corrected chi connectivity index (χ0v) is 20.7. The number of carbonyl (C=O) groups is 1. The third-order valence-electron chi connectivity index (χ3n) is 6.90. The molecule has 1 saturated carbocycles. The summed E-state index contributed by atoms with van der Waals surface area (Å²) >= 11 is 0. The first-order valence-electron chi connectivity index (χ1n) is 12.0. The van der Waals surface area contributed by atoms with E-state index in [-0.39, 0.29) is 11.1 Å². The van der Waals surface area contributed by atoms with E-state index in [1.165, 1.54) is 25.5 Å².